The van der Waals surface area contributed by atoms with Gasteiger partial charge in [0.2, 0.25) is 0 Å². The second-order valence-electron chi connectivity index (χ2n) is 3.47. The maximum absolute atomic E-state index is 11.8. The van der Waals surface area contributed by atoms with Crippen molar-refractivity contribution < 1.29 is 9.13 Å². The molecule has 0 amide bonds. The van der Waals surface area contributed by atoms with Crippen LogP contribution in [0.1, 0.15) is 24.9 Å². The van der Waals surface area contributed by atoms with E-state index in [9.17, 15) is 4.39 Å². The van der Waals surface area contributed by atoms with Gasteiger partial charge >= 0.3 is 0 Å². The fourth-order valence-electron chi connectivity index (χ4n) is 1.26. The molecule has 0 aliphatic heterocycles. The highest BCUT2D eigenvalue weighted by atomic mass is 19.1. The molecule has 0 saturated carbocycles. The van der Waals surface area contributed by atoms with E-state index in [2.05, 4.69) is 12.2 Å². The van der Waals surface area contributed by atoms with Crippen molar-refractivity contribution in [1.29, 1.82) is 0 Å². The summed E-state index contributed by atoms with van der Waals surface area (Å²) in [5, 5.41) is 3.16. The third-order valence-corrected chi connectivity index (χ3v) is 2.36. The van der Waals surface area contributed by atoms with Gasteiger partial charge in [0.15, 0.2) is 0 Å². The van der Waals surface area contributed by atoms with E-state index >= 15 is 0 Å². The van der Waals surface area contributed by atoms with E-state index in [1.54, 1.807) is 0 Å². The van der Waals surface area contributed by atoms with Crippen molar-refractivity contribution in [2.45, 2.75) is 19.4 Å². The van der Waals surface area contributed by atoms with Gasteiger partial charge in [-0.1, -0.05) is 12.1 Å². The van der Waals surface area contributed by atoms with Crippen molar-refractivity contribution in [3.63, 3.8) is 0 Å². The molecule has 0 radical (unpaired) electrons. The summed E-state index contributed by atoms with van der Waals surface area (Å²) in [6, 6.07) is 8.21. The molecule has 1 unspecified atom stereocenters. The first-order valence-electron chi connectivity index (χ1n) is 5.24. The number of hydrogen-bond donors (Lipinski definition) is 1. The second-order valence-corrected chi connectivity index (χ2v) is 3.47. The third kappa shape index (κ3) is 3.88. The van der Waals surface area contributed by atoms with Gasteiger partial charge in [-0.2, -0.15) is 0 Å². The van der Waals surface area contributed by atoms with Gasteiger partial charge in [0.1, 0.15) is 5.75 Å². The minimum Gasteiger partial charge on any atom is -0.494 e. The summed E-state index contributed by atoms with van der Waals surface area (Å²) in [5.41, 5.74) is 1.22. The summed E-state index contributed by atoms with van der Waals surface area (Å²) in [7, 11) is 1.93. The second kappa shape index (κ2) is 6.40. The molecular weight excluding hydrogens is 193 g/mol. The van der Waals surface area contributed by atoms with E-state index < -0.39 is 0 Å². The minimum absolute atomic E-state index is 0.325. The SMILES string of the molecule is CNC(C)c1ccc(OCCCF)cc1. The Morgan fingerprint density at radius 2 is 2.00 bits per heavy atom. The standard InChI is InChI=1S/C12H18FNO/c1-10(14-2)11-4-6-12(7-5-11)15-9-3-8-13/h4-7,10,14H,3,8-9H2,1-2H3. The Hall–Kier alpha value is -1.09. The Bertz CT molecular complexity index is 273. The van der Waals surface area contributed by atoms with Gasteiger partial charge in [-0.05, 0) is 31.7 Å². The number of halogens is 1. The molecule has 2 nitrogen and oxygen atoms in total. The van der Waals surface area contributed by atoms with E-state index in [0.29, 0.717) is 19.1 Å². The highest BCUT2D eigenvalue weighted by molar-refractivity contribution is 5.28. The molecule has 1 aromatic carbocycles. The van der Waals surface area contributed by atoms with Gasteiger partial charge in [-0.3, -0.25) is 4.39 Å². The highest BCUT2D eigenvalue weighted by Crippen LogP contribution is 2.17. The lowest BCUT2D eigenvalue weighted by molar-refractivity contribution is 0.289. The molecular formula is C12H18FNO. The average Bonchev–Trinajstić information content (AvgIpc) is 2.29. The van der Waals surface area contributed by atoms with Crippen molar-refractivity contribution >= 4 is 0 Å². The van der Waals surface area contributed by atoms with E-state index in [4.69, 9.17) is 4.74 Å². The van der Waals surface area contributed by atoms with Crippen LogP contribution >= 0.6 is 0 Å². The van der Waals surface area contributed by atoms with Crippen molar-refractivity contribution in [2.24, 2.45) is 0 Å². The van der Waals surface area contributed by atoms with E-state index in [1.165, 1.54) is 5.56 Å². The Kier molecular flexibility index (Phi) is 5.12. The first kappa shape index (κ1) is 12.0. The monoisotopic (exact) mass is 211 g/mol. The Balaban J connectivity index is 2.49. The fraction of sp³-hybridized carbons (Fsp3) is 0.500. The first-order chi connectivity index (χ1) is 7.27. The summed E-state index contributed by atoms with van der Waals surface area (Å²) < 4.78 is 17.2. The summed E-state index contributed by atoms with van der Waals surface area (Å²) in [6.07, 6.45) is 0.453. The number of hydrogen-bond acceptors (Lipinski definition) is 2. The molecule has 0 aromatic heterocycles. The van der Waals surface area contributed by atoms with Gasteiger partial charge in [-0.25, -0.2) is 0 Å². The number of rotatable bonds is 6. The molecule has 1 atom stereocenters. The number of alkyl halides is 1. The molecule has 0 aliphatic carbocycles. The topological polar surface area (TPSA) is 21.3 Å². The van der Waals surface area contributed by atoms with Crippen LogP contribution in [0.2, 0.25) is 0 Å². The maximum Gasteiger partial charge on any atom is 0.119 e. The Labute approximate surface area is 90.4 Å². The zero-order chi connectivity index (χ0) is 11.1. The van der Waals surface area contributed by atoms with Crippen LogP contribution in [0.25, 0.3) is 0 Å². The van der Waals surface area contributed by atoms with Crippen molar-refractivity contribution in [3.8, 4) is 5.75 Å². The van der Waals surface area contributed by atoms with Crippen LogP contribution in [0.4, 0.5) is 4.39 Å². The van der Waals surface area contributed by atoms with Crippen LogP contribution < -0.4 is 10.1 Å². The number of nitrogens with one attached hydrogen (secondary N) is 1. The molecule has 15 heavy (non-hydrogen) atoms. The predicted molar refractivity (Wildman–Crippen MR) is 60.0 cm³/mol. The molecule has 0 aliphatic rings. The van der Waals surface area contributed by atoms with Crippen molar-refractivity contribution in [3.05, 3.63) is 29.8 Å². The molecule has 0 heterocycles. The van der Waals surface area contributed by atoms with Crippen LogP contribution in [-0.2, 0) is 0 Å². The van der Waals surface area contributed by atoms with E-state index in [0.717, 1.165) is 5.75 Å². The van der Waals surface area contributed by atoms with Crippen LogP contribution in [0.15, 0.2) is 24.3 Å². The molecule has 1 aromatic rings. The summed E-state index contributed by atoms with van der Waals surface area (Å²) >= 11 is 0. The third-order valence-electron chi connectivity index (χ3n) is 2.36. The lowest BCUT2D eigenvalue weighted by Crippen LogP contribution is -2.11. The first-order valence-corrected chi connectivity index (χ1v) is 5.24. The van der Waals surface area contributed by atoms with Gasteiger partial charge in [0.05, 0.1) is 13.3 Å². The molecule has 1 N–H and O–H groups in total. The fourth-order valence-corrected chi connectivity index (χ4v) is 1.26. The molecule has 84 valence electrons. The molecule has 0 bridgehead atoms. The van der Waals surface area contributed by atoms with Crippen LogP contribution in [0.5, 0.6) is 5.75 Å². The number of benzene rings is 1. The lowest BCUT2D eigenvalue weighted by Gasteiger charge is -2.11. The van der Waals surface area contributed by atoms with Gasteiger partial charge in [-0.15, -0.1) is 0 Å². The van der Waals surface area contributed by atoms with E-state index in [1.807, 2.05) is 31.3 Å². The molecule has 1 rings (SSSR count). The summed E-state index contributed by atoms with van der Waals surface area (Å²) in [6.45, 7) is 2.21. The number of ether oxygens (including phenoxy) is 1. The maximum atomic E-state index is 11.8. The Morgan fingerprint density at radius 1 is 1.33 bits per heavy atom. The quantitative estimate of drug-likeness (QED) is 0.730. The Morgan fingerprint density at radius 3 is 2.53 bits per heavy atom. The minimum atomic E-state index is -0.325. The van der Waals surface area contributed by atoms with Crippen LogP contribution in [0.3, 0.4) is 0 Å². The smallest absolute Gasteiger partial charge is 0.119 e. The zero-order valence-corrected chi connectivity index (χ0v) is 9.29. The van der Waals surface area contributed by atoms with Crippen molar-refractivity contribution in [2.75, 3.05) is 20.3 Å². The van der Waals surface area contributed by atoms with Gasteiger partial charge in [0, 0.05) is 12.5 Å². The largest absolute Gasteiger partial charge is 0.494 e. The zero-order valence-electron chi connectivity index (χ0n) is 9.29. The molecule has 3 heteroatoms. The van der Waals surface area contributed by atoms with Crippen molar-refractivity contribution in [1.82, 2.24) is 5.32 Å². The predicted octanol–water partition coefficient (Wildman–Crippen LogP) is 2.71. The van der Waals surface area contributed by atoms with Crippen LogP contribution in [0, 0.1) is 0 Å². The van der Waals surface area contributed by atoms with Crippen LogP contribution in [-0.4, -0.2) is 20.3 Å². The summed E-state index contributed by atoms with van der Waals surface area (Å²) in [5.74, 6) is 0.801. The average molecular weight is 211 g/mol. The van der Waals surface area contributed by atoms with E-state index in [-0.39, 0.29) is 6.67 Å². The molecule has 0 spiro atoms. The normalized spacial score (nSPS) is 12.5. The molecule has 0 fully saturated rings. The summed E-state index contributed by atoms with van der Waals surface area (Å²) in [4.78, 5) is 0. The van der Waals surface area contributed by atoms with Gasteiger partial charge in [0.25, 0.3) is 0 Å². The lowest BCUT2D eigenvalue weighted by atomic mass is 10.1. The highest BCUT2D eigenvalue weighted by Gasteiger charge is 2.01. The molecule has 0 saturated heterocycles. The van der Waals surface area contributed by atoms with Gasteiger partial charge < -0.3 is 10.1 Å².